The Kier molecular flexibility index (Phi) is 7.01. The van der Waals surface area contributed by atoms with Crippen molar-refractivity contribution in [3.05, 3.63) is 65.9 Å². The van der Waals surface area contributed by atoms with E-state index >= 15 is 0 Å². The smallest absolute Gasteiger partial charge is 0.244 e. The molecular weight excluding hydrogens is 354 g/mol. The first-order valence-electron chi connectivity index (χ1n) is 9.21. The molecule has 0 atom stereocenters. The number of nitrogens with one attached hydrogen (secondary N) is 2. The lowest BCUT2D eigenvalue weighted by Gasteiger charge is -2.10. The zero-order valence-corrected chi connectivity index (χ0v) is 16.2. The van der Waals surface area contributed by atoms with Gasteiger partial charge in [-0.1, -0.05) is 30.3 Å². The number of rotatable bonds is 10. The maximum atomic E-state index is 5.38. The minimum Gasteiger partial charge on any atom is -0.497 e. The summed E-state index contributed by atoms with van der Waals surface area (Å²) < 4.78 is 10.6. The first kappa shape index (κ1) is 19.4. The number of methoxy groups -OCH3 is 2. The minimum absolute atomic E-state index is 0.505. The van der Waals surface area contributed by atoms with Crippen molar-refractivity contribution in [3.63, 3.8) is 0 Å². The zero-order valence-electron chi connectivity index (χ0n) is 16.2. The summed E-state index contributed by atoms with van der Waals surface area (Å²) in [4.78, 5) is 4.46. The first-order chi connectivity index (χ1) is 13.8. The quantitative estimate of drug-likeness (QED) is 0.560. The highest BCUT2D eigenvalue weighted by molar-refractivity contribution is 5.39. The molecule has 2 aromatic carbocycles. The predicted octanol–water partition coefficient (Wildman–Crippen LogP) is 3.20. The molecule has 0 bridgehead atoms. The van der Waals surface area contributed by atoms with Crippen molar-refractivity contribution in [2.45, 2.75) is 12.8 Å². The molecule has 3 rings (SSSR count). The predicted molar refractivity (Wildman–Crippen MR) is 110 cm³/mol. The fourth-order valence-electron chi connectivity index (χ4n) is 2.84. The molecule has 0 amide bonds. The summed E-state index contributed by atoms with van der Waals surface area (Å²) in [7, 11) is 3.35. The summed E-state index contributed by atoms with van der Waals surface area (Å²) in [6.45, 7) is 1.43. The van der Waals surface area contributed by atoms with Gasteiger partial charge in [-0.25, -0.2) is 0 Å². The molecule has 28 heavy (non-hydrogen) atoms. The molecule has 0 unspecified atom stereocenters. The number of ether oxygens (including phenoxy) is 2. The zero-order chi connectivity index (χ0) is 19.6. The van der Waals surface area contributed by atoms with Crippen LogP contribution in [0.5, 0.6) is 11.5 Å². The Balaban J connectivity index is 1.48. The van der Waals surface area contributed by atoms with Gasteiger partial charge in [-0.15, -0.1) is 5.10 Å². The molecule has 0 radical (unpaired) electrons. The highest BCUT2D eigenvalue weighted by Gasteiger charge is 2.04. The number of nitrogens with zero attached hydrogens (tertiary/aromatic N) is 3. The lowest BCUT2D eigenvalue weighted by molar-refractivity contribution is 0.410. The van der Waals surface area contributed by atoms with Gasteiger partial charge >= 0.3 is 0 Å². The van der Waals surface area contributed by atoms with Crippen molar-refractivity contribution < 1.29 is 9.47 Å². The molecule has 1 aromatic heterocycles. The second-order valence-electron chi connectivity index (χ2n) is 6.18. The molecular formula is C21H25N5O2. The number of para-hydroxylation sites is 1. The van der Waals surface area contributed by atoms with Gasteiger partial charge in [-0.3, -0.25) is 0 Å². The molecule has 0 saturated carbocycles. The van der Waals surface area contributed by atoms with Gasteiger partial charge in [0.05, 0.1) is 20.4 Å². The van der Waals surface area contributed by atoms with Crippen molar-refractivity contribution in [2.24, 2.45) is 0 Å². The van der Waals surface area contributed by atoms with Crippen LogP contribution in [0.15, 0.2) is 54.7 Å². The largest absolute Gasteiger partial charge is 0.497 e. The summed E-state index contributed by atoms with van der Waals surface area (Å²) >= 11 is 0. The van der Waals surface area contributed by atoms with Crippen LogP contribution in [0.3, 0.4) is 0 Å². The fourth-order valence-corrected chi connectivity index (χ4v) is 2.84. The molecule has 0 saturated heterocycles. The van der Waals surface area contributed by atoms with Crippen LogP contribution in [0.4, 0.5) is 11.8 Å². The van der Waals surface area contributed by atoms with Gasteiger partial charge in [-0.2, -0.15) is 10.1 Å². The number of anilines is 2. The summed E-state index contributed by atoms with van der Waals surface area (Å²) in [6.07, 6.45) is 3.29. The van der Waals surface area contributed by atoms with Gasteiger partial charge in [0, 0.05) is 13.1 Å². The highest BCUT2D eigenvalue weighted by atomic mass is 16.5. The van der Waals surface area contributed by atoms with E-state index in [4.69, 9.17) is 9.47 Å². The van der Waals surface area contributed by atoms with Crippen molar-refractivity contribution in [1.29, 1.82) is 0 Å². The lowest BCUT2D eigenvalue weighted by Crippen LogP contribution is -2.12. The number of hydrogen-bond donors (Lipinski definition) is 2. The standard InChI is InChI=1S/C21H25N5O2/c1-27-18-8-5-6-16(14-18)10-12-23-21-25-20(15-24-26-21)22-13-11-17-7-3-4-9-19(17)28-2/h3-9,14-15H,10-13H2,1-2H3,(H2,22,23,25,26). The van der Waals surface area contributed by atoms with Gasteiger partial charge < -0.3 is 20.1 Å². The van der Waals surface area contributed by atoms with Crippen LogP contribution in [-0.4, -0.2) is 42.5 Å². The van der Waals surface area contributed by atoms with E-state index < -0.39 is 0 Å². The molecule has 2 N–H and O–H groups in total. The second kappa shape index (κ2) is 10.1. The summed E-state index contributed by atoms with van der Waals surface area (Å²) in [5, 5.41) is 14.6. The average Bonchev–Trinajstić information content (AvgIpc) is 2.74. The molecule has 0 aliphatic carbocycles. The number of hydrogen-bond acceptors (Lipinski definition) is 7. The highest BCUT2D eigenvalue weighted by Crippen LogP contribution is 2.18. The van der Waals surface area contributed by atoms with Crippen LogP contribution in [0.25, 0.3) is 0 Å². The van der Waals surface area contributed by atoms with E-state index in [0.29, 0.717) is 18.3 Å². The number of aromatic nitrogens is 3. The summed E-state index contributed by atoms with van der Waals surface area (Å²) in [5.41, 5.74) is 2.34. The first-order valence-corrected chi connectivity index (χ1v) is 9.21. The molecule has 0 fully saturated rings. The topological polar surface area (TPSA) is 81.2 Å². The van der Waals surface area contributed by atoms with Crippen LogP contribution in [-0.2, 0) is 12.8 Å². The normalized spacial score (nSPS) is 10.4. The van der Waals surface area contributed by atoms with E-state index in [2.05, 4.69) is 37.9 Å². The Labute approximate surface area is 165 Å². The van der Waals surface area contributed by atoms with Crippen LogP contribution in [0.1, 0.15) is 11.1 Å². The van der Waals surface area contributed by atoms with Crippen molar-refractivity contribution in [1.82, 2.24) is 15.2 Å². The van der Waals surface area contributed by atoms with Crippen LogP contribution in [0, 0.1) is 0 Å². The molecule has 7 nitrogen and oxygen atoms in total. The second-order valence-corrected chi connectivity index (χ2v) is 6.18. The van der Waals surface area contributed by atoms with Crippen LogP contribution >= 0.6 is 0 Å². The molecule has 7 heteroatoms. The third-order valence-corrected chi connectivity index (χ3v) is 4.28. The third-order valence-electron chi connectivity index (χ3n) is 4.28. The average molecular weight is 379 g/mol. The molecule has 0 aliphatic rings. The molecule has 146 valence electrons. The van der Waals surface area contributed by atoms with E-state index in [1.54, 1.807) is 20.4 Å². The fraction of sp³-hybridized carbons (Fsp3) is 0.286. The van der Waals surface area contributed by atoms with Gasteiger partial charge in [0.15, 0.2) is 5.82 Å². The number of benzene rings is 2. The van der Waals surface area contributed by atoms with Gasteiger partial charge in [0.1, 0.15) is 11.5 Å². The van der Waals surface area contributed by atoms with Crippen molar-refractivity contribution in [3.8, 4) is 11.5 Å². The van der Waals surface area contributed by atoms with Crippen molar-refractivity contribution in [2.75, 3.05) is 37.9 Å². The monoisotopic (exact) mass is 379 g/mol. The van der Waals surface area contributed by atoms with Crippen LogP contribution < -0.4 is 20.1 Å². The van der Waals surface area contributed by atoms with E-state index in [0.717, 1.165) is 36.4 Å². The Bertz CT molecular complexity index is 888. The lowest BCUT2D eigenvalue weighted by atomic mass is 10.1. The molecule has 0 spiro atoms. The van der Waals surface area contributed by atoms with Crippen molar-refractivity contribution >= 4 is 11.8 Å². The Morgan fingerprint density at radius 1 is 0.893 bits per heavy atom. The van der Waals surface area contributed by atoms with E-state index in [1.165, 1.54) is 5.56 Å². The maximum Gasteiger partial charge on any atom is 0.244 e. The summed E-state index contributed by atoms with van der Waals surface area (Å²) in [5.74, 6) is 2.95. The van der Waals surface area contributed by atoms with E-state index in [-0.39, 0.29) is 0 Å². The Morgan fingerprint density at radius 3 is 2.61 bits per heavy atom. The minimum atomic E-state index is 0.505. The maximum absolute atomic E-state index is 5.38. The van der Waals surface area contributed by atoms with E-state index in [9.17, 15) is 0 Å². The molecule has 0 aliphatic heterocycles. The Morgan fingerprint density at radius 2 is 1.75 bits per heavy atom. The van der Waals surface area contributed by atoms with Gasteiger partial charge in [-0.05, 0) is 42.2 Å². The van der Waals surface area contributed by atoms with Gasteiger partial charge in [0.25, 0.3) is 0 Å². The molecule has 1 heterocycles. The van der Waals surface area contributed by atoms with Crippen LogP contribution in [0.2, 0.25) is 0 Å². The Hall–Kier alpha value is -3.35. The SMILES string of the molecule is COc1cccc(CCNc2nncc(NCCc3ccccc3OC)n2)c1. The van der Waals surface area contributed by atoms with E-state index in [1.807, 2.05) is 36.4 Å². The van der Waals surface area contributed by atoms with Gasteiger partial charge in [0.2, 0.25) is 5.95 Å². The summed E-state index contributed by atoms with van der Waals surface area (Å²) in [6, 6.07) is 16.0. The third kappa shape index (κ3) is 5.57. The molecule has 3 aromatic rings.